The lowest BCUT2D eigenvalue weighted by molar-refractivity contribution is -0.141. The highest BCUT2D eigenvalue weighted by molar-refractivity contribution is 5.70. The van der Waals surface area contributed by atoms with Crippen molar-refractivity contribution in [2.24, 2.45) is 17.3 Å². The van der Waals surface area contributed by atoms with Crippen LogP contribution < -0.4 is 0 Å². The fourth-order valence-electron chi connectivity index (χ4n) is 1.83. The van der Waals surface area contributed by atoms with Gasteiger partial charge in [0.2, 0.25) is 0 Å². The molecule has 0 N–H and O–H groups in total. The topological polar surface area (TPSA) is 43.4 Å². The van der Waals surface area contributed by atoms with E-state index in [0.717, 1.165) is 19.1 Å². The van der Waals surface area contributed by atoms with Crippen LogP contribution in [0.15, 0.2) is 0 Å². The van der Waals surface area contributed by atoms with Crippen molar-refractivity contribution < 1.29 is 14.3 Å². The highest BCUT2D eigenvalue weighted by Gasteiger charge is 2.41. The summed E-state index contributed by atoms with van der Waals surface area (Å²) in [6, 6.07) is 0. The minimum absolute atomic E-state index is 0.138. The Morgan fingerprint density at radius 1 is 1.50 bits per heavy atom. The molecule has 3 heteroatoms. The Balaban J connectivity index is 2.26. The summed E-state index contributed by atoms with van der Waals surface area (Å²) in [5.41, 5.74) is -0.241. The third kappa shape index (κ3) is 3.13. The number of methoxy groups -OCH3 is 1. The molecule has 0 amide bonds. The van der Waals surface area contributed by atoms with E-state index >= 15 is 0 Å². The van der Waals surface area contributed by atoms with Crippen molar-refractivity contribution >= 4 is 12.3 Å². The lowest BCUT2D eigenvalue weighted by atomic mass is 9.88. The predicted molar refractivity (Wildman–Crippen MR) is 52.7 cm³/mol. The first-order valence-corrected chi connectivity index (χ1v) is 5.01. The number of esters is 1. The summed E-state index contributed by atoms with van der Waals surface area (Å²) < 4.78 is 4.60. The molecule has 0 aliphatic heterocycles. The van der Waals surface area contributed by atoms with Gasteiger partial charge in [0.05, 0.1) is 7.11 Å². The van der Waals surface area contributed by atoms with Crippen molar-refractivity contribution in [3.05, 3.63) is 0 Å². The number of aldehydes is 1. The molecule has 0 radical (unpaired) electrons. The van der Waals surface area contributed by atoms with Crippen LogP contribution in [0.25, 0.3) is 0 Å². The van der Waals surface area contributed by atoms with E-state index in [0.29, 0.717) is 18.3 Å². The van der Waals surface area contributed by atoms with Gasteiger partial charge in [-0.1, -0.05) is 13.8 Å². The molecule has 80 valence electrons. The highest BCUT2D eigenvalue weighted by atomic mass is 16.5. The normalized spacial score (nSPS) is 25.6. The van der Waals surface area contributed by atoms with Crippen LogP contribution in [0.3, 0.4) is 0 Å². The van der Waals surface area contributed by atoms with Crippen LogP contribution in [-0.4, -0.2) is 19.4 Å². The molecule has 0 heterocycles. The number of hydrogen-bond donors (Lipinski definition) is 0. The minimum atomic E-state index is -0.241. The monoisotopic (exact) mass is 198 g/mol. The zero-order chi connectivity index (χ0) is 10.8. The number of ether oxygens (including phenoxy) is 1. The summed E-state index contributed by atoms with van der Waals surface area (Å²) in [5.74, 6) is 0.845. The van der Waals surface area contributed by atoms with Crippen LogP contribution in [0.2, 0.25) is 0 Å². The Kier molecular flexibility index (Phi) is 3.29. The second-order valence-electron chi connectivity index (χ2n) is 4.85. The quantitative estimate of drug-likeness (QED) is 0.499. The molecule has 0 aromatic rings. The van der Waals surface area contributed by atoms with Gasteiger partial charge in [-0.3, -0.25) is 4.79 Å². The van der Waals surface area contributed by atoms with Crippen molar-refractivity contribution in [3.63, 3.8) is 0 Å². The standard InChI is InChI=1S/C11H18O3/c1-11(2,7-12)6-9-4-8(9)5-10(13)14-3/h7-9H,4-6H2,1-3H3. The van der Waals surface area contributed by atoms with Gasteiger partial charge in [-0.25, -0.2) is 0 Å². The average molecular weight is 198 g/mol. The molecule has 14 heavy (non-hydrogen) atoms. The Bertz CT molecular complexity index is 233. The van der Waals surface area contributed by atoms with E-state index in [-0.39, 0.29) is 11.4 Å². The summed E-state index contributed by atoms with van der Waals surface area (Å²) in [4.78, 5) is 21.6. The highest BCUT2D eigenvalue weighted by Crippen LogP contribution is 2.47. The third-order valence-electron chi connectivity index (χ3n) is 2.83. The van der Waals surface area contributed by atoms with Gasteiger partial charge in [-0.05, 0) is 24.7 Å². The van der Waals surface area contributed by atoms with Crippen LogP contribution in [0.4, 0.5) is 0 Å². The Morgan fingerprint density at radius 2 is 2.14 bits per heavy atom. The first-order chi connectivity index (χ1) is 6.48. The second-order valence-corrected chi connectivity index (χ2v) is 4.85. The van der Waals surface area contributed by atoms with Gasteiger partial charge in [0, 0.05) is 11.8 Å². The maximum Gasteiger partial charge on any atom is 0.305 e. The molecule has 1 fully saturated rings. The Hall–Kier alpha value is -0.860. The van der Waals surface area contributed by atoms with E-state index in [2.05, 4.69) is 4.74 Å². The van der Waals surface area contributed by atoms with Crippen LogP contribution in [0.1, 0.15) is 33.1 Å². The molecule has 1 rings (SSSR count). The molecule has 1 aliphatic rings. The number of rotatable bonds is 5. The van der Waals surface area contributed by atoms with Crippen LogP contribution >= 0.6 is 0 Å². The van der Waals surface area contributed by atoms with E-state index in [9.17, 15) is 9.59 Å². The van der Waals surface area contributed by atoms with Gasteiger partial charge in [0.25, 0.3) is 0 Å². The first-order valence-electron chi connectivity index (χ1n) is 5.01. The van der Waals surface area contributed by atoms with Crippen LogP contribution in [0.5, 0.6) is 0 Å². The molecule has 2 unspecified atom stereocenters. The second kappa shape index (κ2) is 4.11. The van der Waals surface area contributed by atoms with E-state index in [1.54, 1.807) is 0 Å². The molecule has 3 nitrogen and oxygen atoms in total. The van der Waals surface area contributed by atoms with Gasteiger partial charge in [-0.2, -0.15) is 0 Å². The van der Waals surface area contributed by atoms with Gasteiger partial charge in [0.1, 0.15) is 6.29 Å². The zero-order valence-corrected chi connectivity index (χ0v) is 9.08. The predicted octanol–water partition coefficient (Wildman–Crippen LogP) is 1.80. The summed E-state index contributed by atoms with van der Waals surface area (Å²) in [7, 11) is 1.41. The minimum Gasteiger partial charge on any atom is -0.469 e. The molecule has 0 spiro atoms. The molecule has 1 aliphatic carbocycles. The van der Waals surface area contributed by atoms with Crippen molar-refractivity contribution in [2.75, 3.05) is 7.11 Å². The van der Waals surface area contributed by atoms with Gasteiger partial charge in [0.15, 0.2) is 0 Å². The van der Waals surface area contributed by atoms with Gasteiger partial charge >= 0.3 is 5.97 Å². The third-order valence-corrected chi connectivity index (χ3v) is 2.83. The molecule has 0 bridgehead atoms. The van der Waals surface area contributed by atoms with E-state index < -0.39 is 0 Å². The molecule has 0 aromatic heterocycles. The number of hydrogen-bond acceptors (Lipinski definition) is 3. The average Bonchev–Trinajstić information content (AvgIpc) is 2.82. The van der Waals surface area contributed by atoms with Crippen molar-refractivity contribution in [1.29, 1.82) is 0 Å². The SMILES string of the molecule is COC(=O)CC1CC1CC(C)(C)C=O. The Morgan fingerprint density at radius 3 is 2.64 bits per heavy atom. The van der Waals surface area contributed by atoms with E-state index in [4.69, 9.17) is 0 Å². The number of carbonyl (C=O) groups is 2. The first kappa shape index (κ1) is 11.2. The molecule has 0 aromatic carbocycles. The lowest BCUT2D eigenvalue weighted by Crippen LogP contribution is -2.14. The van der Waals surface area contributed by atoms with E-state index in [1.165, 1.54) is 7.11 Å². The zero-order valence-electron chi connectivity index (χ0n) is 9.08. The molecular formula is C11H18O3. The summed E-state index contributed by atoms with van der Waals surface area (Å²) in [6.45, 7) is 3.88. The van der Waals surface area contributed by atoms with Crippen molar-refractivity contribution in [1.82, 2.24) is 0 Å². The molecular weight excluding hydrogens is 180 g/mol. The molecule has 0 saturated heterocycles. The van der Waals surface area contributed by atoms with Crippen LogP contribution in [-0.2, 0) is 14.3 Å². The summed E-state index contributed by atoms with van der Waals surface area (Å²) in [6.07, 6.45) is 3.46. The van der Waals surface area contributed by atoms with E-state index in [1.807, 2.05) is 13.8 Å². The van der Waals surface area contributed by atoms with Crippen molar-refractivity contribution in [3.8, 4) is 0 Å². The van der Waals surface area contributed by atoms with Gasteiger partial charge in [-0.15, -0.1) is 0 Å². The van der Waals surface area contributed by atoms with Gasteiger partial charge < -0.3 is 9.53 Å². The number of carbonyl (C=O) groups excluding carboxylic acids is 2. The fourth-order valence-corrected chi connectivity index (χ4v) is 1.83. The maximum atomic E-state index is 11.0. The summed E-state index contributed by atoms with van der Waals surface area (Å²) in [5, 5.41) is 0. The maximum absolute atomic E-state index is 11.0. The smallest absolute Gasteiger partial charge is 0.305 e. The van der Waals surface area contributed by atoms with Crippen molar-refractivity contribution in [2.45, 2.75) is 33.1 Å². The molecule has 2 atom stereocenters. The fraction of sp³-hybridized carbons (Fsp3) is 0.818. The summed E-state index contributed by atoms with van der Waals surface area (Å²) >= 11 is 0. The van der Waals surface area contributed by atoms with Crippen LogP contribution in [0, 0.1) is 17.3 Å². The largest absolute Gasteiger partial charge is 0.469 e. The lowest BCUT2D eigenvalue weighted by Gasteiger charge is -2.15. The molecule has 1 saturated carbocycles. The Labute approximate surface area is 84.8 Å².